The number of carboxylic acids is 1. The molecule has 0 saturated carbocycles. The van der Waals surface area contributed by atoms with E-state index in [4.69, 9.17) is 0 Å². The third kappa shape index (κ3) is 4.36. The SMILES string of the molecule is O=C(O)C(Cc1cc(F)cc(Br)c1)Cc1ccccc1F. The van der Waals surface area contributed by atoms with Gasteiger partial charge in [0.2, 0.25) is 0 Å². The molecule has 1 N–H and O–H groups in total. The van der Waals surface area contributed by atoms with Crippen LogP contribution in [0.1, 0.15) is 11.1 Å². The highest BCUT2D eigenvalue weighted by atomic mass is 79.9. The molecule has 0 bridgehead atoms. The van der Waals surface area contributed by atoms with Crippen molar-refractivity contribution in [2.45, 2.75) is 12.8 Å². The molecule has 0 aliphatic carbocycles. The summed E-state index contributed by atoms with van der Waals surface area (Å²) in [7, 11) is 0. The molecule has 0 fully saturated rings. The predicted molar refractivity (Wildman–Crippen MR) is 79.0 cm³/mol. The summed E-state index contributed by atoms with van der Waals surface area (Å²) in [5, 5.41) is 9.30. The van der Waals surface area contributed by atoms with E-state index in [1.54, 1.807) is 24.3 Å². The maximum atomic E-state index is 13.6. The van der Waals surface area contributed by atoms with E-state index in [1.165, 1.54) is 18.2 Å². The summed E-state index contributed by atoms with van der Waals surface area (Å²) in [6.07, 6.45) is 0.205. The smallest absolute Gasteiger partial charge is 0.307 e. The quantitative estimate of drug-likeness (QED) is 0.872. The Kier molecular flexibility index (Phi) is 5.07. The van der Waals surface area contributed by atoms with Crippen LogP contribution in [0.5, 0.6) is 0 Å². The van der Waals surface area contributed by atoms with Crippen molar-refractivity contribution >= 4 is 21.9 Å². The van der Waals surface area contributed by atoms with Gasteiger partial charge in [-0.05, 0) is 48.2 Å². The summed E-state index contributed by atoms with van der Waals surface area (Å²) in [5.74, 6) is -2.70. The Bertz CT molecular complexity index is 638. The number of carboxylic acid groups (broad SMARTS) is 1. The molecule has 5 heteroatoms. The monoisotopic (exact) mass is 354 g/mol. The first-order chi connectivity index (χ1) is 9.95. The molecule has 2 aromatic rings. The van der Waals surface area contributed by atoms with Crippen LogP contribution in [0.25, 0.3) is 0 Å². The van der Waals surface area contributed by atoms with Crippen molar-refractivity contribution in [1.29, 1.82) is 0 Å². The summed E-state index contributed by atoms with van der Waals surface area (Å²) in [6, 6.07) is 10.3. The summed E-state index contributed by atoms with van der Waals surface area (Å²) < 4.78 is 27.5. The fourth-order valence-electron chi connectivity index (χ4n) is 2.19. The second kappa shape index (κ2) is 6.80. The van der Waals surface area contributed by atoms with Crippen molar-refractivity contribution < 1.29 is 18.7 Å². The van der Waals surface area contributed by atoms with Crippen LogP contribution >= 0.6 is 15.9 Å². The molecule has 21 heavy (non-hydrogen) atoms. The van der Waals surface area contributed by atoms with Crippen molar-refractivity contribution in [2.75, 3.05) is 0 Å². The van der Waals surface area contributed by atoms with Crippen LogP contribution in [0, 0.1) is 17.6 Å². The Labute approximate surface area is 129 Å². The molecule has 0 heterocycles. The van der Waals surface area contributed by atoms with E-state index in [0.29, 0.717) is 15.6 Å². The van der Waals surface area contributed by atoms with Crippen LogP contribution in [-0.2, 0) is 17.6 Å². The zero-order valence-corrected chi connectivity index (χ0v) is 12.6. The largest absolute Gasteiger partial charge is 0.481 e. The van der Waals surface area contributed by atoms with Gasteiger partial charge in [0.25, 0.3) is 0 Å². The van der Waals surface area contributed by atoms with Crippen LogP contribution in [0.4, 0.5) is 8.78 Å². The summed E-state index contributed by atoms with van der Waals surface area (Å²) in [4.78, 5) is 11.4. The van der Waals surface area contributed by atoms with E-state index in [0.717, 1.165) is 0 Å². The number of benzene rings is 2. The van der Waals surface area contributed by atoms with Gasteiger partial charge in [-0.2, -0.15) is 0 Å². The summed E-state index contributed by atoms with van der Waals surface area (Å²) in [5.41, 5.74) is 0.908. The first-order valence-electron chi connectivity index (χ1n) is 6.37. The molecule has 0 aliphatic rings. The summed E-state index contributed by atoms with van der Waals surface area (Å²) >= 11 is 3.17. The van der Waals surface area contributed by atoms with E-state index in [1.807, 2.05) is 0 Å². The minimum Gasteiger partial charge on any atom is -0.481 e. The molecule has 1 unspecified atom stereocenters. The van der Waals surface area contributed by atoms with Gasteiger partial charge < -0.3 is 5.11 Å². The average molecular weight is 355 g/mol. The van der Waals surface area contributed by atoms with Crippen molar-refractivity contribution in [3.8, 4) is 0 Å². The first-order valence-corrected chi connectivity index (χ1v) is 7.16. The average Bonchev–Trinajstić information content (AvgIpc) is 2.39. The van der Waals surface area contributed by atoms with Crippen molar-refractivity contribution in [3.63, 3.8) is 0 Å². The minimum absolute atomic E-state index is 0.0656. The zero-order chi connectivity index (χ0) is 15.4. The molecule has 1 atom stereocenters. The number of aliphatic carboxylic acids is 1. The van der Waals surface area contributed by atoms with Crippen molar-refractivity contribution in [2.24, 2.45) is 5.92 Å². The molecule has 0 aliphatic heterocycles. The van der Waals surface area contributed by atoms with Gasteiger partial charge in [-0.15, -0.1) is 0 Å². The van der Waals surface area contributed by atoms with Gasteiger partial charge in [0.05, 0.1) is 5.92 Å². The third-order valence-corrected chi connectivity index (χ3v) is 3.64. The standard InChI is InChI=1S/C16H13BrF2O2/c17-13-6-10(7-14(18)9-13)5-12(16(20)21)8-11-3-1-2-4-15(11)19/h1-4,6-7,9,12H,5,8H2,(H,20,21). The molecule has 2 aromatic carbocycles. The van der Waals surface area contributed by atoms with Crippen LogP contribution in [-0.4, -0.2) is 11.1 Å². The molecular formula is C16H13BrF2O2. The molecule has 0 aromatic heterocycles. The molecule has 0 spiro atoms. The highest BCUT2D eigenvalue weighted by molar-refractivity contribution is 9.10. The molecule has 0 radical (unpaired) electrons. The van der Waals surface area contributed by atoms with Crippen molar-refractivity contribution in [1.82, 2.24) is 0 Å². The topological polar surface area (TPSA) is 37.3 Å². The Hall–Kier alpha value is -1.75. The molecule has 0 amide bonds. The van der Waals surface area contributed by atoms with E-state index < -0.39 is 23.5 Å². The van der Waals surface area contributed by atoms with Gasteiger partial charge in [0.1, 0.15) is 11.6 Å². The van der Waals surface area contributed by atoms with Crippen molar-refractivity contribution in [3.05, 3.63) is 69.7 Å². The molecule has 2 rings (SSSR count). The number of rotatable bonds is 5. The number of carbonyl (C=O) groups is 1. The Balaban J connectivity index is 2.20. The maximum Gasteiger partial charge on any atom is 0.307 e. The van der Waals surface area contributed by atoms with E-state index >= 15 is 0 Å². The molecular weight excluding hydrogens is 342 g/mol. The Morgan fingerprint density at radius 2 is 1.86 bits per heavy atom. The zero-order valence-electron chi connectivity index (χ0n) is 11.0. The lowest BCUT2D eigenvalue weighted by molar-refractivity contribution is -0.141. The van der Waals surface area contributed by atoms with E-state index in [-0.39, 0.29) is 12.8 Å². The second-order valence-electron chi connectivity index (χ2n) is 4.81. The molecule has 2 nitrogen and oxygen atoms in total. The lowest BCUT2D eigenvalue weighted by Gasteiger charge is -2.13. The highest BCUT2D eigenvalue weighted by Crippen LogP contribution is 2.21. The normalized spacial score (nSPS) is 12.1. The predicted octanol–water partition coefficient (Wildman–Crippen LogP) is 4.21. The first kappa shape index (κ1) is 15.6. The van der Waals surface area contributed by atoms with Gasteiger partial charge in [0, 0.05) is 4.47 Å². The summed E-state index contributed by atoms with van der Waals surface area (Å²) in [6.45, 7) is 0. The minimum atomic E-state index is -1.03. The van der Waals surface area contributed by atoms with Gasteiger partial charge in [-0.3, -0.25) is 4.79 Å². The number of hydrogen-bond acceptors (Lipinski definition) is 1. The van der Waals surface area contributed by atoms with E-state index in [9.17, 15) is 18.7 Å². The second-order valence-corrected chi connectivity index (χ2v) is 5.73. The molecule has 0 saturated heterocycles. The van der Waals surface area contributed by atoms with Crippen LogP contribution < -0.4 is 0 Å². The van der Waals surface area contributed by atoms with Crippen LogP contribution in [0.15, 0.2) is 46.9 Å². The van der Waals surface area contributed by atoms with Crippen LogP contribution in [0.3, 0.4) is 0 Å². The third-order valence-electron chi connectivity index (χ3n) is 3.18. The maximum absolute atomic E-state index is 13.6. The Morgan fingerprint density at radius 3 is 2.48 bits per heavy atom. The highest BCUT2D eigenvalue weighted by Gasteiger charge is 2.20. The van der Waals surface area contributed by atoms with Gasteiger partial charge in [0.15, 0.2) is 0 Å². The number of hydrogen-bond donors (Lipinski definition) is 1. The molecule has 110 valence electrons. The lowest BCUT2D eigenvalue weighted by Crippen LogP contribution is -2.19. The Morgan fingerprint density at radius 1 is 1.14 bits per heavy atom. The van der Waals surface area contributed by atoms with Gasteiger partial charge in [-0.25, -0.2) is 8.78 Å². The van der Waals surface area contributed by atoms with E-state index in [2.05, 4.69) is 15.9 Å². The lowest BCUT2D eigenvalue weighted by atomic mass is 9.92. The van der Waals surface area contributed by atoms with Gasteiger partial charge >= 0.3 is 5.97 Å². The fraction of sp³-hybridized carbons (Fsp3) is 0.188. The van der Waals surface area contributed by atoms with Crippen LogP contribution in [0.2, 0.25) is 0 Å². The number of halogens is 3. The van der Waals surface area contributed by atoms with Gasteiger partial charge in [-0.1, -0.05) is 34.1 Å². The fourth-order valence-corrected chi connectivity index (χ4v) is 2.70.